The Kier molecular flexibility index (Phi) is 6.39. The molecule has 3 rings (SSSR count). The van der Waals surface area contributed by atoms with Gasteiger partial charge in [-0.3, -0.25) is 9.59 Å². The van der Waals surface area contributed by atoms with Crippen LogP contribution >= 0.6 is 0 Å². The number of nitrogens with two attached hydrogens (primary N) is 1. The van der Waals surface area contributed by atoms with E-state index >= 15 is 0 Å². The predicted octanol–water partition coefficient (Wildman–Crippen LogP) is 4.94. The summed E-state index contributed by atoms with van der Waals surface area (Å²) in [6.45, 7) is 5.89. The molecule has 2 amide bonds. The van der Waals surface area contributed by atoms with Crippen molar-refractivity contribution < 1.29 is 27.5 Å². The second-order valence-corrected chi connectivity index (χ2v) is 8.19. The lowest BCUT2D eigenvalue weighted by Crippen LogP contribution is -2.17. The molecule has 172 valence electrons. The molecule has 0 atom stereocenters. The Morgan fingerprint density at radius 2 is 1.73 bits per heavy atom. The zero-order valence-corrected chi connectivity index (χ0v) is 18.0. The molecule has 7 nitrogen and oxygen atoms in total. The van der Waals surface area contributed by atoms with Gasteiger partial charge in [-0.25, -0.2) is 9.97 Å². The van der Waals surface area contributed by atoms with Crippen molar-refractivity contribution in [3.05, 3.63) is 77.2 Å². The first kappa shape index (κ1) is 23.7. The molecule has 1 aromatic carbocycles. The number of halogens is 3. The second-order valence-electron chi connectivity index (χ2n) is 8.19. The van der Waals surface area contributed by atoms with Gasteiger partial charge >= 0.3 is 6.18 Å². The van der Waals surface area contributed by atoms with E-state index in [1.807, 2.05) is 20.8 Å². The number of primary amides is 1. The quantitative estimate of drug-likeness (QED) is 0.563. The van der Waals surface area contributed by atoms with E-state index in [4.69, 9.17) is 10.5 Å². The summed E-state index contributed by atoms with van der Waals surface area (Å²) in [5.41, 5.74) is 5.01. The van der Waals surface area contributed by atoms with Crippen LogP contribution < -0.4 is 15.8 Å². The first-order chi connectivity index (χ1) is 15.3. The van der Waals surface area contributed by atoms with Crippen LogP contribution in [0.1, 0.15) is 52.7 Å². The summed E-state index contributed by atoms with van der Waals surface area (Å²) >= 11 is 0. The number of alkyl halides is 3. The average molecular weight is 458 g/mol. The third-order valence-electron chi connectivity index (χ3n) is 4.63. The number of hydrogen-bond acceptors (Lipinski definition) is 5. The maximum atomic E-state index is 12.9. The Balaban J connectivity index is 1.95. The fourth-order valence-electron chi connectivity index (χ4n) is 2.83. The molecule has 0 aliphatic rings. The Morgan fingerprint density at radius 3 is 2.30 bits per heavy atom. The molecule has 10 heteroatoms. The Labute approximate surface area is 187 Å². The molecule has 0 aliphatic heterocycles. The van der Waals surface area contributed by atoms with Gasteiger partial charge in [-0.1, -0.05) is 26.8 Å². The number of nitrogens with one attached hydrogen (secondary N) is 1. The SMILES string of the molecule is CC(C)(C)c1ccc(C(=O)Nc2cc(C(N)=O)ccn2)c(Oc2ccc(C(F)(F)F)nc2)c1. The first-order valence-electron chi connectivity index (χ1n) is 9.77. The molecule has 3 N–H and O–H groups in total. The van der Waals surface area contributed by atoms with Crippen molar-refractivity contribution in [1.29, 1.82) is 0 Å². The number of rotatable bonds is 5. The van der Waals surface area contributed by atoms with Crippen molar-refractivity contribution in [3.63, 3.8) is 0 Å². The number of anilines is 1. The molecule has 2 heterocycles. The molecular formula is C23H21F3N4O3. The predicted molar refractivity (Wildman–Crippen MR) is 115 cm³/mol. The second kappa shape index (κ2) is 8.89. The minimum absolute atomic E-state index is 0.0250. The van der Waals surface area contributed by atoms with Gasteiger partial charge in [-0.15, -0.1) is 0 Å². The molecule has 0 spiro atoms. The van der Waals surface area contributed by atoms with E-state index < -0.39 is 23.7 Å². The monoisotopic (exact) mass is 458 g/mol. The van der Waals surface area contributed by atoms with Crippen LogP contribution in [0.4, 0.5) is 19.0 Å². The van der Waals surface area contributed by atoms with Gasteiger partial charge in [0.1, 0.15) is 23.0 Å². The van der Waals surface area contributed by atoms with Crippen LogP contribution in [0.2, 0.25) is 0 Å². The lowest BCUT2D eigenvalue weighted by Gasteiger charge is -2.21. The fourth-order valence-corrected chi connectivity index (χ4v) is 2.83. The van der Waals surface area contributed by atoms with E-state index in [-0.39, 0.29) is 33.9 Å². The highest BCUT2D eigenvalue weighted by atomic mass is 19.4. The minimum atomic E-state index is -4.58. The van der Waals surface area contributed by atoms with E-state index in [0.29, 0.717) is 0 Å². The number of amides is 2. The summed E-state index contributed by atoms with van der Waals surface area (Å²) in [7, 11) is 0. The van der Waals surface area contributed by atoms with Crippen LogP contribution in [0.3, 0.4) is 0 Å². The van der Waals surface area contributed by atoms with Gasteiger partial charge in [0.25, 0.3) is 5.91 Å². The lowest BCUT2D eigenvalue weighted by atomic mass is 9.86. The van der Waals surface area contributed by atoms with E-state index in [0.717, 1.165) is 23.9 Å². The Hall–Kier alpha value is -3.95. The molecule has 0 saturated carbocycles. The summed E-state index contributed by atoms with van der Waals surface area (Å²) in [4.78, 5) is 31.7. The van der Waals surface area contributed by atoms with Crippen LogP contribution in [0.5, 0.6) is 11.5 Å². The van der Waals surface area contributed by atoms with Crippen molar-refractivity contribution in [2.24, 2.45) is 5.73 Å². The molecular weight excluding hydrogens is 437 g/mol. The summed E-state index contributed by atoms with van der Waals surface area (Å²) < 4.78 is 44.1. The number of carbonyl (C=O) groups is 2. The van der Waals surface area contributed by atoms with E-state index in [1.54, 1.807) is 18.2 Å². The van der Waals surface area contributed by atoms with Crippen LogP contribution in [0, 0.1) is 0 Å². The zero-order valence-electron chi connectivity index (χ0n) is 18.0. The summed E-state index contributed by atoms with van der Waals surface area (Å²) in [5.74, 6) is -1.04. The Morgan fingerprint density at radius 1 is 1.00 bits per heavy atom. The molecule has 0 fully saturated rings. The summed E-state index contributed by atoms with van der Waals surface area (Å²) in [6.07, 6.45) is -2.32. The lowest BCUT2D eigenvalue weighted by molar-refractivity contribution is -0.141. The molecule has 0 unspecified atom stereocenters. The highest BCUT2D eigenvalue weighted by molar-refractivity contribution is 6.06. The Bertz CT molecular complexity index is 1190. The van der Waals surface area contributed by atoms with Gasteiger partial charge in [0.2, 0.25) is 5.91 Å². The van der Waals surface area contributed by atoms with E-state index in [1.165, 1.54) is 18.3 Å². The summed E-state index contributed by atoms with van der Waals surface area (Å²) in [6, 6.07) is 9.58. The number of benzene rings is 1. The number of ether oxygens (including phenoxy) is 1. The molecule has 0 radical (unpaired) electrons. The van der Waals surface area contributed by atoms with Crippen LogP contribution in [0.15, 0.2) is 54.9 Å². The van der Waals surface area contributed by atoms with Gasteiger partial charge in [-0.05, 0) is 47.4 Å². The smallest absolute Gasteiger partial charge is 0.433 e. The van der Waals surface area contributed by atoms with Gasteiger partial charge in [-0.2, -0.15) is 13.2 Å². The minimum Gasteiger partial charge on any atom is -0.455 e. The third kappa shape index (κ3) is 5.85. The highest BCUT2D eigenvalue weighted by Gasteiger charge is 2.32. The standard InChI is InChI=1S/C23H21F3N4O3/c1-22(2,3)14-4-6-16(21(32)30-19-10-13(20(27)31)8-9-28-19)17(11-14)33-15-5-7-18(29-12-15)23(24,25)26/h4-12H,1-3H3,(H2,27,31)(H,28,30,32). The molecule has 0 bridgehead atoms. The van der Waals surface area contributed by atoms with Crippen LogP contribution in [-0.4, -0.2) is 21.8 Å². The molecule has 0 saturated heterocycles. The van der Waals surface area contributed by atoms with Crippen molar-refractivity contribution in [2.75, 3.05) is 5.32 Å². The normalized spacial score (nSPS) is 11.7. The largest absolute Gasteiger partial charge is 0.455 e. The van der Waals surface area contributed by atoms with Gasteiger partial charge < -0.3 is 15.8 Å². The fraction of sp³-hybridized carbons (Fsp3) is 0.217. The van der Waals surface area contributed by atoms with Crippen LogP contribution in [0.25, 0.3) is 0 Å². The van der Waals surface area contributed by atoms with E-state index in [9.17, 15) is 22.8 Å². The first-order valence-corrected chi connectivity index (χ1v) is 9.77. The number of hydrogen-bond donors (Lipinski definition) is 2. The van der Waals surface area contributed by atoms with Crippen molar-refractivity contribution in [3.8, 4) is 11.5 Å². The average Bonchev–Trinajstić information content (AvgIpc) is 2.73. The highest BCUT2D eigenvalue weighted by Crippen LogP contribution is 2.33. The number of aromatic nitrogens is 2. The van der Waals surface area contributed by atoms with E-state index in [2.05, 4.69) is 15.3 Å². The maximum absolute atomic E-state index is 12.9. The van der Waals surface area contributed by atoms with Crippen LogP contribution in [-0.2, 0) is 11.6 Å². The maximum Gasteiger partial charge on any atom is 0.433 e. The molecule has 0 aliphatic carbocycles. The topological polar surface area (TPSA) is 107 Å². The number of pyridine rings is 2. The number of nitrogens with zero attached hydrogens (tertiary/aromatic N) is 2. The molecule has 3 aromatic rings. The van der Waals surface area contributed by atoms with Gasteiger partial charge in [0.15, 0.2) is 0 Å². The zero-order chi connectivity index (χ0) is 24.4. The molecule has 33 heavy (non-hydrogen) atoms. The number of carbonyl (C=O) groups excluding carboxylic acids is 2. The van der Waals surface area contributed by atoms with Crippen molar-refractivity contribution >= 4 is 17.6 Å². The summed E-state index contributed by atoms with van der Waals surface area (Å²) in [5, 5.41) is 2.56. The van der Waals surface area contributed by atoms with Crippen molar-refractivity contribution in [2.45, 2.75) is 32.4 Å². The third-order valence-corrected chi connectivity index (χ3v) is 4.63. The van der Waals surface area contributed by atoms with Gasteiger partial charge in [0, 0.05) is 11.8 Å². The van der Waals surface area contributed by atoms with Crippen molar-refractivity contribution in [1.82, 2.24) is 9.97 Å². The van der Waals surface area contributed by atoms with Gasteiger partial charge in [0.05, 0.1) is 11.8 Å². The molecule has 2 aromatic heterocycles.